The van der Waals surface area contributed by atoms with Crippen LogP contribution in [-0.2, 0) is 40.3 Å². The summed E-state index contributed by atoms with van der Waals surface area (Å²) < 4.78 is 35.9. The molecule has 0 spiro atoms. The van der Waals surface area contributed by atoms with Gasteiger partial charge in [-0.05, 0) is 113 Å². The number of hydrogen-bond acceptors (Lipinski definition) is 9. The maximum absolute atomic E-state index is 15.0. The minimum Gasteiger partial charge on any atom is -0.493 e. The molecule has 56 heavy (non-hydrogen) atoms. The van der Waals surface area contributed by atoms with E-state index in [1.165, 1.54) is 16.7 Å². The van der Waals surface area contributed by atoms with Crippen LogP contribution < -0.4 is 18.9 Å². The number of carbonyl (C=O) groups is 1. The number of nitrogens with zero attached hydrogens (tertiary/aromatic N) is 2. The van der Waals surface area contributed by atoms with E-state index in [-0.39, 0.29) is 30.5 Å². The molecule has 1 fully saturated rings. The number of benzene rings is 3. The van der Waals surface area contributed by atoms with Crippen molar-refractivity contribution in [1.82, 2.24) is 9.80 Å². The molecule has 4 heterocycles. The van der Waals surface area contributed by atoms with Crippen LogP contribution in [0.25, 0.3) is 0 Å². The van der Waals surface area contributed by atoms with Crippen molar-refractivity contribution in [1.29, 1.82) is 0 Å². The van der Waals surface area contributed by atoms with E-state index in [4.69, 9.17) is 28.4 Å². The second-order valence-corrected chi connectivity index (χ2v) is 16.2. The third-order valence-electron chi connectivity index (χ3n) is 12.9. The molecular weight excluding hydrogens is 709 g/mol. The van der Waals surface area contributed by atoms with Gasteiger partial charge in [0, 0.05) is 32.1 Å². The van der Waals surface area contributed by atoms with Gasteiger partial charge in [-0.3, -0.25) is 9.69 Å². The van der Waals surface area contributed by atoms with Crippen LogP contribution in [0.4, 0.5) is 0 Å². The van der Waals surface area contributed by atoms with Gasteiger partial charge in [-0.2, -0.15) is 0 Å². The summed E-state index contributed by atoms with van der Waals surface area (Å²) in [6.45, 7) is 9.64. The van der Waals surface area contributed by atoms with Gasteiger partial charge in [0.2, 0.25) is 6.29 Å². The Bertz CT molecular complexity index is 1880. The van der Waals surface area contributed by atoms with E-state index in [1.807, 2.05) is 30.3 Å². The number of ether oxygens (including phenoxy) is 6. The summed E-state index contributed by atoms with van der Waals surface area (Å²) in [5, 5.41) is 9.47. The molecule has 1 saturated heterocycles. The Morgan fingerprint density at radius 3 is 2.05 bits per heavy atom. The first kappa shape index (κ1) is 40.0. The molecule has 7 rings (SSSR count). The molecule has 0 bridgehead atoms. The molecule has 0 radical (unpaired) electrons. The third kappa shape index (κ3) is 8.11. The average Bonchev–Trinajstić information content (AvgIpc) is 3.24. The lowest BCUT2D eigenvalue weighted by atomic mass is 9.72. The predicted octanol–water partition coefficient (Wildman–Crippen LogP) is 7.79. The van der Waals surface area contributed by atoms with E-state index in [0.29, 0.717) is 61.0 Å². The Kier molecular flexibility index (Phi) is 12.5. The molecule has 0 aliphatic carbocycles. The Hall–Kier alpha value is -4.25. The van der Waals surface area contributed by atoms with Gasteiger partial charge in [0.15, 0.2) is 28.8 Å². The average molecular weight is 769 g/mol. The number of amides is 1. The minimum atomic E-state index is -0.556. The highest BCUT2D eigenvalue weighted by Crippen LogP contribution is 2.49. The van der Waals surface area contributed by atoms with Crippen molar-refractivity contribution in [3.8, 4) is 23.0 Å². The van der Waals surface area contributed by atoms with Gasteiger partial charge in [-0.15, -0.1) is 0 Å². The van der Waals surface area contributed by atoms with Crippen LogP contribution in [0.3, 0.4) is 0 Å². The fraction of sp³-hybridized carbons (Fsp3) is 0.543. The van der Waals surface area contributed by atoms with Gasteiger partial charge in [-0.25, -0.2) is 0 Å². The highest BCUT2D eigenvalue weighted by atomic mass is 16.7. The van der Waals surface area contributed by atoms with Crippen LogP contribution in [-0.4, -0.2) is 75.2 Å². The summed E-state index contributed by atoms with van der Waals surface area (Å²) in [7, 11) is 6.75. The highest BCUT2D eigenvalue weighted by molar-refractivity contribution is 5.92. The maximum Gasteiger partial charge on any atom is 0.289 e. The van der Waals surface area contributed by atoms with Crippen LogP contribution in [0.2, 0.25) is 0 Å². The van der Waals surface area contributed by atoms with Crippen molar-refractivity contribution in [2.75, 3.05) is 48.1 Å². The molecule has 4 aliphatic heterocycles. The lowest BCUT2D eigenvalue weighted by molar-refractivity contribution is -0.162. The van der Waals surface area contributed by atoms with E-state index in [1.54, 1.807) is 28.4 Å². The second kappa shape index (κ2) is 17.5. The zero-order valence-corrected chi connectivity index (χ0v) is 34.2. The summed E-state index contributed by atoms with van der Waals surface area (Å²) in [6, 6.07) is 16.4. The van der Waals surface area contributed by atoms with Gasteiger partial charge >= 0.3 is 0 Å². The van der Waals surface area contributed by atoms with E-state index in [9.17, 15) is 9.90 Å². The number of allylic oxidation sites excluding steroid dienone is 1. The zero-order chi connectivity index (χ0) is 39.5. The topological polar surface area (TPSA) is 99.2 Å². The van der Waals surface area contributed by atoms with Crippen molar-refractivity contribution in [3.63, 3.8) is 0 Å². The quantitative estimate of drug-likeness (QED) is 0.187. The van der Waals surface area contributed by atoms with E-state index in [0.717, 1.165) is 67.0 Å². The molecule has 3 aromatic rings. The number of rotatable bonds is 13. The number of fused-ring (bicyclic) bond motifs is 4. The molecule has 0 aromatic heterocycles. The van der Waals surface area contributed by atoms with Gasteiger partial charge in [0.25, 0.3) is 5.91 Å². The molecule has 0 saturated carbocycles. The number of aliphatic hydroxyl groups excluding tert-OH is 1. The van der Waals surface area contributed by atoms with Crippen molar-refractivity contribution < 1.29 is 38.3 Å². The van der Waals surface area contributed by atoms with Crippen LogP contribution in [0.1, 0.15) is 91.9 Å². The molecule has 3 aromatic carbocycles. The van der Waals surface area contributed by atoms with Crippen LogP contribution in [0.15, 0.2) is 60.4 Å². The first-order valence-corrected chi connectivity index (χ1v) is 20.4. The predicted molar refractivity (Wildman–Crippen MR) is 215 cm³/mol. The fourth-order valence-electron chi connectivity index (χ4n) is 9.54. The first-order chi connectivity index (χ1) is 27.2. The smallest absolute Gasteiger partial charge is 0.289 e. The standard InChI is InChI=1S/C46H60N2O8/c1-8-31-25-47-15-13-32-19-40(51-4)42(53-6)23-36(32)38(47)17-35(31)18-39-37-24-43(54-7)41(52-5)20-33(37)14-16-48(39)46(50)44-21-34(28(2)3)22-45(56-44)55-27-30-11-9-29(26-49)10-12-30/h9-12,19-21,23-24,28,31,34-35,38-39,45,49H,8,13-18,22,25-27H2,1-7H3/t31-,34+,35+,38-,39+,45-/m0/s1. The molecule has 302 valence electrons. The number of piperidine rings is 1. The summed E-state index contributed by atoms with van der Waals surface area (Å²) in [5.74, 6) is 4.47. The molecular formula is C46H60N2O8. The summed E-state index contributed by atoms with van der Waals surface area (Å²) in [4.78, 5) is 19.7. The normalized spacial score (nSPS) is 24.7. The van der Waals surface area contributed by atoms with Crippen LogP contribution in [0.5, 0.6) is 23.0 Å². The Morgan fingerprint density at radius 1 is 0.821 bits per heavy atom. The van der Waals surface area contributed by atoms with E-state index in [2.05, 4.69) is 54.8 Å². The summed E-state index contributed by atoms with van der Waals surface area (Å²) in [5.41, 5.74) is 6.80. The first-order valence-electron chi connectivity index (χ1n) is 20.4. The third-order valence-corrected chi connectivity index (χ3v) is 12.9. The van der Waals surface area contributed by atoms with Gasteiger partial charge in [0.1, 0.15) is 0 Å². The van der Waals surface area contributed by atoms with Gasteiger partial charge < -0.3 is 38.4 Å². The lowest BCUT2D eigenvalue weighted by Crippen LogP contribution is -2.48. The zero-order valence-electron chi connectivity index (χ0n) is 34.2. The molecule has 1 amide bonds. The van der Waals surface area contributed by atoms with Crippen molar-refractivity contribution in [2.24, 2.45) is 23.7 Å². The highest BCUT2D eigenvalue weighted by Gasteiger charge is 2.43. The summed E-state index contributed by atoms with van der Waals surface area (Å²) in [6.07, 6.45) is 6.73. The number of methoxy groups -OCH3 is 4. The van der Waals surface area contributed by atoms with Crippen molar-refractivity contribution >= 4 is 5.91 Å². The molecule has 10 heteroatoms. The lowest BCUT2D eigenvalue weighted by Gasteiger charge is -2.49. The SMILES string of the molecule is CC[C@H]1CN2CCc3cc(OC)c(OC)cc3[C@@H]2C[C@@H]1C[C@@H]1c2cc(OC)c(OC)cc2CCN1C(=O)C1=C[C@@H](C(C)C)C[C@@H](OCc2ccc(CO)cc2)O1. The molecule has 6 atom stereocenters. The number of hydrogen-bond donors (Lipinski definition) is 1. The molecule has 0 unspecified atom stereocenters. The molecule has 4 aliphatic rings. The Labute approximate surface area is 332 Å². The van der Waals surface area contributed by atoms with Gasteiger partial charge in [0.05, 0.1) is 47.7 Å². The summed E-state index contributed by atoms with van der Waals surface area (Å²) >= 11 is 0. The van der Waals surface area contributed by atoms with Crippen LogP contribution >= 0.6 is 0 Å². The number of aliphatic hydroxyl groups is 1. The second-order valence-electron chi connectivity index (χ2n) is 16.2. The molecule has 10 nitrogen and oxygen atoms in total. The Morgan fingerprint density at radius 2 is 1.43 bits per heavy atom. The fourth-order valence-corrected chi connectivity index (χ4v) is 9.54. The van der Waals surface area contributed by atoms with E-state index < -0.39 is 6.29 Å². The minimum absolute atomic E-state index is 0.000790. The monoisotopic (exact) mass is 768 g/mol. The Balaban J connectivity index is 1.20. The van der Waals surface area contributed by atoms with E-state index >= 15 is 0 Å². The van der Waals surface area contributed by atoms with Gasteiger partial charge in [-0.1, -0.05) is 51.5 Å². The maximum atomic E-state index is 15.0. The molecule has 1 N–H and O–H groups in total. The van der Waals surface area contributed by atoms with Crippen molar-refractivity contribution in [2.45, 2.75) is 90.9 Å². The van der Waals surface area contributed by atoms with Crippen LogP contribution in [0, 0.1) is 23.7 Å². The number of carbonyl (C=O) groups excluding carboxylic acids is 1. The van der Waals surface area contributed by atoms with Crippen molar-refractivity contribution in [3.05, 3.63) is 93.7 Å². The largest absolute Gasteiger partial charge is 0.493 e.